The number of thiol groups is 1. The van der Waals surface area contributed by atoms with Crippen molar-refractivity contribution >= 4 is 36.3 Å². The molecule has 11 heteroatoms. The molecule has 0 aromatic carbocycles. The van der Waals surface area contributed by atoms with E-state index in [1.807, 2.05) is 0 Å². The molecule has 0 aliphatic carbocycles. The van der Waals surface area contributed by atoms with Crippen molar-refractivity contribution in [2.24, 2.45) is 11.5 Å². The first-order valence-corrected chi connectivity index (χ1v) is 7.39. The van der Waals surface area contributed by atoms with Crippen LogP contribution in [0.4, 0.5) is 0 Å². The Hall–Kier alpha value is -1.85. The molecule has 0 aromatic heterocycles. The molecular formula is C12H22N4O6S. The van der Waals surface area contributed by atoms with Crippen molar-refractivity contribution < 1.29 is 29.4 Å². The number of carboxylic acids is 1. The third-order valence-corrected chi connectivity index (χ3v) is 3.28. The molecule has 0 radical (unpaired) electrons. The number of primary amides is 1. The number of amides is 3. The number of aliphatic hydroxyl groups is 1. The van der Waals surface area contributed by atoms with Gasteiger partial charge in [-0.15, -0.1) is 0 Å². The smallest absolute Gasteiger partial charge is 0.326 e. The molecule has 3 amide bonds. The molecule has 0 saturated carbocycles. The Balaban J connectivity index is 4.91. The Morgan fingerprint density at radius 3 is 2.13 bits per heavy atom. The Kier molecular flexibility index (Phi) is 9.22. The SMILES string of the molecule is C[C@@H](O)[C@H](NC(=O)[C@@H](N)CS)C(=O)N[C@@H](CCC(N)=O)C(=O)O. The second kappa shape index (κ2) is 10.0. The van der Waals surface area contributed by atoms with Gasteiger partial charge in [-0.25, -0.2) is 4.79 Å². The highest BCUT2D eigenvalue weighted by atomic mass is 32.1. The van der Waals surface area contributed by atoms with Gasteiger partial charge < -0.3 is 32.3 Å². The number of aliphatic carboxylic acids is 1. The number of hydrogen-bond acceptors (Lipinski definition) is 7. The Bertz CT molecular complexity index is 459. The summed E-state index contributed by atoms with van der Waals surface area (Å²) in [6.45, 7) is 1.25. The molecule has 0 unspecified atom stereocenters. The molecule has 0 bridgehead atoms. The van der Waals surface area contributed by atoms with Gasteiger partial charge in [-0.3, -0.25) is 14.4 Å². The maximum atomic E-state index is 12.1. The first-order chi connectivity index (χ1) is 10.6. The number of aliphatic hydroxyl groups excluding tert-OH is 1. The summed E-state index contributed by atoms with van der Waals surface area (Å²) < 4.78 is 0. The predicted molar refractivity (Wildman–Crippen MR) is 83.4 cm³/mol. The van der Waals surface area contributed by atoms with Gasteiger partial charge in [-0.1, -0.05) is 0 Å². The van der Waals surface area contributed by atoms with E-state index in [1.54, 1.807) is 0 Å². The van der Waals surface area contributed by atoms with Crippen molar-refractivity contribution in [3.8, 4) is 0 Å². The zero-order chi connectivity index (χ0) is 18.2. The minimum absolute atomic E-state index is 0.0242. The van der Waals surface area contributed by atoms with E-state index in [0.29, 0.717) is 0 Å². The van der Waals surface area contributed by atoms with E-state index < -0.39 is 47.9 Å². The molecule has 0 heterocycles. The third kappa shape index (κ3) is 7.81. The lowest BCUT2D eigenvalue weighted by Gasteiger charge is -2.24. The van der Waals surface area contributed by atoms with Crippen LogP contribution < -0.4 is 22.1 Å². The number of carbonyl (C=O) groups excluding carboxylic acids is 3. The zero-order valence-corrected chi connectivity index (χ0v) is 13.5. The van der Waals surface area contributed by atoms with Crippen LogP contribution in [0.15, 0.2) is 0 Å². The van der Waals surface area contributed by atoms with E-state index in [0.717, 1.165) is 0 Å². The van der Waals surface area contributed by atoms with Crippen LogP contribution in [-0.4, -0.2) is 63.9 Å². The Morgan fingerprint density at radius 1 is 1.17 bits per heavy atom. The maximum Gasteiger partial charge on any atom is 0.326 e. The van der Waals surface area contributed by atoms with Crippen molar-refractivity contribution in [1.29, 1.82) is 0 Å². The van der Waals surface area contributed by atoms with Crippen molar-refractivity contribution in [1.82, 2.24) is 10.6 Å². The minimum atomic E-state index is -1.40. The van der Waals surface area contributed by atoms with Gasteiger partial charge in [0.1, 0.15) is 12.1 Å². The van der Waals surface area contributed by atoms with Crippen LogP contribution in [0, 0.1) is 0 Å². The van der Waals surface area contributed by atoms with Crippen LogP contribution in [0.2, 0.25) is 0 Å². The predicted octanol–water partition coefficient (Wildman–Crippen LogP) is -3.06. The molecule has 0 rings (SSSR count). The second-order valence-corrected chi connectivity index (χ2v) is 5.29. The van der Waals surface area contributed by atoms with Crippen LogP contribution in [0.1, 0.15) is 19.8 Å². The normalized spacial score (nSPS) is 15.8. The minimum Gasteiger partial charge on any atom is -0.480 e. The van der Waals surface area contributed by atoms with Crippen molar-refractivity contribution in [2.45, 2.75) is 44.0 Å². The number of hydrogen-bond donors (Lipinski definition) is 7. The fraction of sp³-hybridized carbons (Fsp3) is 0.667. The highest BCUT2D eigenvalue weighted by Crippen LogP contribution is 2.01. The second-order valence-electron chi connectivity index (χ2n) is 4.92. The average Bonchev–Trinajstić information content (AvgIpc) is 2.46. The van der Waals surface area contributed by atoms with Crippen LogP contribution in [0.5, 0.6) is 0 Å². The highest BCUT2D eigenvalue weighted by molar-refractivity contribution is 7.80. The van der Waals surface area contributed by atoms with Crippen LogP contribution >= 0.6 is 12.6 Å². The fourth-order valence-electron chi connectivity index (χ4n) is 1.55. The lowest BCUT2D eigenvalue weighted by molar-refractivity contribution is -0.143. The van der Waals surface area contributed by atoms with Gasteiger partial charge in [0.15, 0.2) is 0 Å². The topological polar surface area (TPSA) is 185 Å². The lowest BCUT2D eigenvalue weighted by atomic mass is 10.1. The number of nitrogens with one attached hydrogen (secondary N) is 2. The maximum absolute atomic E-state index is 12.1. The van der Waals surface area contributed by atoms with Crippen molar-refractivity contribution in [2.75, 3.05) is 5.75 Å². The Morgan fingerprint density at radius 2 is 1.74 bits per heavy atom. The number of carboxylic acid groups (broad SMARTS) is 1. The first kappa shape index (κ1) is 21.1. The van der Waals surface area contributed by atoms with Crippen molar-refractivity contribution in [3.63, 3.8) is 0 Å². The van der Waals surface area contributed by atoms with Crippen LogP contribution in [-0.2, 0) is 19.2 Å². The summed E-state index contributed by atoms with van der Waals surface area (Å²) in [4.78, 5) is 45.5. The van der Waals surface area contributed by atoms with E-state index in [-0.39, 0.29) is 18.6 Å². The van der Waals surface area contributed by atoms with E-state index in [9.17, 15) is 24.3 Å². The lowest BCUT2D eigenvalue weighted by Crippen LogP contribution is -2.58. The Labute approximate surface area is 138 Å². The summed E-state index contributed by atoms with van der Waals surface area (Å²) in [6, 6.07) is -3.77. The molecule has 0 aliphatic rings. The zero-order valence-electron chi connectivity index (χ0n) is 12.6. The summed E-state index contributed by atoms with van der Waals surface area (Å²) in [7, 11) is 0. The highest BCUT2D eigenvalue weighted by Gasteiger charge is 2.30. The number of nitrogens with two attached hydrogens (primary N) is 2. The molecule has 23 heavy (non-hydrogen) atoms. The van der Waals surface area contributed by atoms with Gasteiger partial charge in [0.2, 0.25) is 17.7 Å². The molecule has 4 atom stereocenters. The molecule has 0 fully saturated rings. The average molecular weight is 350 g/mol. The molecule has 10 nitrogen and oxygen atoms in total. The standard InChI is InChI=1S/C12H22N4O6S/c1-5(17)9(16-10(19)6(13)4-23)11(20)15-7(12(21)22)2-3-8(14)18/h5-7,9,17,23H,2-4,13H2,1H3,(H2,14,18)(H,15,20)(H,16,19)(H,21,22)/t5-,6+,7+,9+/m1/s1. The molecule has 8 N–H and O–H groups in total. The van der Waals surface area contributed by atoms with Gasteiger partial charge in [-0.05, 0) is 13.3 Å². The van der Waals surface area contributed by atoms with Gasteiger partial charge in [-0.2, -0.15) is 12.6 Å². The summed E-state index contributed by atoms with van der Waals surface area (Å²) in [6.07, 6.45) is -1.75. The van der Waals surface area contributed by atoms with E-state index >= 15 is 0 Å². The third-order valence-electron chi connectivity index (χ3n) is 2.89. The van der Waals surface area contributed by atoms with Crippen molar-refractivity contribution in [3.05, 3.63) is 0 Å². The fourth-order valence-corrected chi connectivity index (χ4v) is 1.72. The van der Waals surface area contributed by atoms with Gasteiger partial charge >= 0.3 is 5.97 Å². The molecule has 0 aromatic rings. The van der Waals surface area contributed by atoms with E-state index in [1.165, 1.54) is 6.92 Å². The summed E-state index contributed by atoms with van der Waals surface area (Å²) in [5.41, 5.74) is 10.4. The molecule has 0 aliphatic heterocycles. The van der Waals surface area contributed by atoms with E-state index in [4.69, 9.17) is 16.6 Å². The molecular weight excluding hydrogens is 328 g/mol. The van der Waals surface area contributed by atoms with Gasteiger partial charge in [0.25, 0.3) is 0 Å². The molecule has 132 valence electrons. The van der Waals surface area contributed by atoms with Crippen LogP contribution in [0.25, 0.3) is 0 Å². The number of rotatable bonds is 10. The first-order valence-electron chi connectivity index (χ1n) is 6.76. The summed E-state index contributed by atoms with van der Waals surface area (Å²) in [5.74, 6) is -3.70. The quantitative estimate of drug-likeness (QED) is 0.204. The largest absolute Gasteiger partial charge is 0.480 e. The van der Waals surface area contributed by atoms with Gasteiger partial charge in [0, 0.05) is 12.2 Å². The molecule has 0 saturated heterocycles. The monoisotopic (exact) mass is 350 g/mol. The number of carbonyl (C=O) groups is 4. The van der Waals surface area contributed by atoms with Gasteiger partial charge in [0.05, 0.1) is 12.1 Å². The summed E-state index contributed by atoms with van der Waals surface area (Å²) >= 11 is 3.84. The summed E-state index contributed by atoms with van der Waals surface area (Å²) in [5, 5.41) is 23.0. The molecule has 0 spiro atoms. The van der Waals surface area contributed by atoms with Crippen LogP contribution in [0.3, 0.4) is 0 Å². The van der Waals surface area contributed by atoms with E-state index in [2.05, 4.69) is 23.3 Å².